The van der Waals surface area contributed by atoms with Gasteiger partial charge < -0.3 is 14.0 Å². The van der Waals surface area contributed by atoms with E-state index in [0.717, 1.165) is 25.1 Å². The van der Waals surface area contributed by atoms with Gasteiger partial charge >= 0.3 is 5.97 Å². The number of aryl methyl sites for hydroxylation is 1. The summed E-state index contributed by atoms with van der Waals surface area (Å²) < 4.78 is 12.6. The summed E-state index contributed by atoms with van der Waals surface area (Å²) in [5, 5.41) is 0. The lowest BCUT2D eigenvalue weighted by Crippen LogP contribution is -2.52. The van der Waals surface area contributed by atoms with Crippen LogP contribution in [0, 0.1) is 0 Å². The molecule has 2 rings (SSSR count). The standard InChI is InChI=1S/C32H50NO3/c1-6-8-9-10-11-12-16-21-29-22-17-18-23-31(29)36-27(3)24-25-35-32(34)30(7-2)33(4,5)26-28-19-14-13-15-20-28/h13-15,17-20,22-23,27,30H,6-12,16,21,24-26H2,1-5H3/q+1. The van der Waals surface area contributed by atoms with Gasteiger partial charge in [0.15, 0.2) is 6.04 Å². The number of benzene rings is 2. The lowest BCUT2D eigenvalue weighted by molar-refractivity contribution is -0.919. The van der Waals surface area contributed by atoms with E-state index in [1.807, 2.05) is 24.3 Å². The van der Waals surface area contributed by atoms with Gasteiger partial charge in [0.05, 0.1) is 26.8 Å². The van der Waals surface area contributed by atoms with Gasteiger partial charge in [-0.25, -0.2) is 4.79 Å². The Morgan fingerprint density at radius 1 is 0.861 bits per heavy atom. The van der Waals surface area contributed by atoms with Crippen molar-refractivity contribution in [3.05, 3.63) is 65.7 Å². The van der Waals surface area contributed by atoms with Crippen LogP contribution in [0.25, 0.3) is 0 Å². The highest BCUT2D eigenvalue weighted by atomic mass is 16.5. The molecule has 0 saturated heterocycles. The molecule has 0 fully saturated rings. The first-order chi connectivity index (χ1) is 17.4. The molecular weight excluding hydrogens is 446 g/mol. The first-order valence-corrected chi connectivity index (χ1v) is 14.1. The maximum Gasteiger partial charge on any atom is 0.364 e. The predicted octanol–water partition coefficient (Wildman–Crippen LogP) is 7.74. The minimum atomic E-state index is -0.191. The number of carbonyl (C=O) groups is 1. The summed E-state index contributed by atoms with van der Waals surface area (Å²) in [6, 6.07) is 18.5. The molecule has 4 heteroatoms. The zero-order valence-corrected chi connectivity index (χ0v) is 23.5. The number of unbranched alkanes of at least 4 members (excludes halogenated alkanes) is 6. The van der Waals surface area contributed by atoms with Crippen molar-refractivity contribution in [1.29, 1.82) is 0 Å². The highest BCUT2D eigenvalue weighted by Gasteiger charge is 2.35. The molecule has 2 atom stereocenters. The van der Waals surface area contributed by atoms with E-state index in [4.69, 9.17) is 9.47 Å². The number of para-hydroxylation sites is 1. The Morgan fingerprint density at radius 2 is 1.50 bits per heavy atom. The van der Waals surface area contributed by atoms with Gasteiger partial charge in [-0.1, -0.05) is 101 Å². The molecule has 200 valence electrons. The van der Waals surface area contributed by atoms with E-state index in [0.29, 0.717) is 17.5 Å². The van der Waals surface area contributed by atoms with Gasteiger partial charge in [-0.3, -0.25) is 0 Å². The maximum atomic E-state index is 13.0. The Bertz CT molecular complexity index is 865. The van der Waals surface area contributed by atoms with Crippen molar-refractivity contribution < 1.29 is 18.8 Å². The zero-order valence-electron chi connectivity index (χ0n) is 23.5. The van der Waals surface area contributed by atoms with Gasteiger partial charge in [-0.15, -0.1) is 0 Å². The second-order valence-corrected chi connectivity index (χ2v) is 10.7. The number of hydrogen-bond donors (Lipinski definition) is 0. The van der Waals surface area contributed by atoms with Crippen LogP contribution in [0.4, 0.5) is 0 Å². The number of likely N-dealkylation sites (N-methyl/N-ethyl adjacent to an activating group) is 1. The Hall–Kier alpha value is -2.33. The first kappa shape index (κ1) is 29.9. The van der Waals surface area contributed by atoms with Gasteiger partial charge in [-0.2, -0.15) is 0 Å². The average Bonchev–Trinajstić information content (AvgIpc) is 2.85. The van der Waals surface area contributed by atoms with Crippen LogP contribution in [0.3, 0.4) is 0 Å². The largest absolute Gasteiger partial charge is 0.490 e. The number of esters is 1. The van der Waals surface area contributed by atoms with Gasteiger partial charge in [0.25, 0.3) is 0 Å². The van der Waals surface area contributed by atoms with E-state index in [1.165, 1.54) is 56.1 Å². The van der Waals surface area contributed by atoms with Crippen molar-refractivity contribution in [2.75, 3.05) is 20.7 Å². The second-order valence-electron chi connectivity index (χ2n) is 10.7. The molecule has 0 aliphatic heterocycles. The quantitative estimate of drug-likeness (QED) is 0.120. The summed E-state index contributed by atoms with van der Waals surface area (Å²) in [6.07, 6.45) is 11.6. The molecule has 0 aliphatic rings. The predicted molar refractivity (Wildman–Crippen MR) is 150 cm³/mol. The molecule has 0 aromatic heterocycles. The van der Waals surface area contributed by atoms with Crippen molar-refractivity contribution in [2.45, 2.75) is 104 Å². The average molecular weight is 497 g/mol. The lowest BCUT2D eigenvalue weighted by Gasteiger charge is -2.36. The summed E-state index contributed by atoms with van der Waals surface area (Å²) in [5.74, 6) is 0.847. The zero-order chi connectivity index (χ0) is 26.2. The monoisotopic (exact) mass is 496 g/mol. The third-order valence-electron chi connectivity index (χ3n) is 7.05. The molecule has 0 amide bonds. The molecule has 4 nitrogen and oxygen atoms in total. The van der Waals surface area contributed by atoms with Gasteiger partial charge in [0.2, 0.25) is 0 Å². The van der Waals surface area contributed by atoms with E-state index in [2.05, 4.69) is 65.2 Å². The molecule has 0 N–H and O–H groups in total. The van der Waals surface area contributed by atoms with E-state index >= 15 is 0 Å². The Kier molecular flexibility index (Phi) is 13.6. The fraction of sp³-hybridized carbons (Fsp3) is 0.594. The minimum Gasteiger partial charge on any atom is -0.490 e. The van der Waals surface area contributed by atoms with E-state index in [-0.39, 0.29) is 18.1 Å². The minimum absolute atomic E-state index is 0.0140. The molecule has 0 heterocycles. The van der Waals surface area contributed by atoms with E-state index < -0.39 is 0 Å². The van der Waals surface area contributed by atoms with Gasteiger partial charge in [-0.05, 0) is 31.4 Å². The smallest absolute Gasteiger partial charge is 0.364 e. The van der Waals surface area contributed by atoms with Crippen LogP contribution in [0.15, 0.2) is 54.6 Å². The third kappa shape index (κ3) is 10.7. The highest BCUT2D eigenvalue weighted by Crippen LogP contribution is 2.23. The number of carbonyl (C=O) groups excluding carboxylic acids is 1. The number of rotatable bonds is 18. The molecule has 0 bridgehead atoms. The van der Waals surface area contributed by atoms with E-state index in [9.17, 15) is 4.79 Å². The van der Waals surface area contributed by atoms with Crippen LogP contribution < -0.4 is 4.74 Å². The molecule has 0 aliphatic carbocycles. The normalized spacial score (nSPS) is 13.2. The SMILES string of the molecule is CCCCCCCCCc1ccccc1OC(C)CCOC(=O)C(CC)[N+](C)(C)Cc1ccccc1. The fourth-order valence-corrected chi connectivity index (χ4v) is 4.91. The Balaban J connectivity index is 1.77. The summed E-state index contributed by atoms with van der Waals surface area (Å²) >= 11 is 0. The summed E-state index contributed by atoms with van der Waals surface area (Å²) in [6.45, 7) is 7.55. The number of nitrogens with zero attached hydrogens (tertiary/aromatic N) is 1. The lowest BCUT2D eigenvalue weighted by atomic mass is 10.0. The number of quaternary nitrogens is 1. The van der Waals surface area contributed by atoms with Crippen LogP contribution >= 0.6 is 0 Å². The summed E-state index contributed by atoms with van der Waals surface area (Å²) in [7, 11) is 4.21. The Morgan fingerprint density at radius 3 is 2.19 bits per heavy atom. The van der Waals surface area contributed by atoms with Crippen molar-refractivity contribution in [3.8, 4) is 5.75 Å². The first-order valence-electron chi connectivity index (χ1n) is 14.1. The molecule has 0 saturated carbocycles. The van der Waals surface area contributed by atoms with Gasteiger partial charge in [0, 0.05) is 18.4 Å². The van der Waals surface area contributed by atoms with Crippen LogP contribution in [0.5, 0.6) is 5.75 Å². The highest BCUT2D eigenvalue weighted by molar-refractivity contribution is 5.74. The molecular formula is C32H50NO3+. The third-order valence-corrected chi connectivity index (χ3v) is 7.05. The summed E-state index contributed by atoms with van der Waals surface area (Å²) in [4.78, 5) is 13.0. The fourth-order valence-electron chi connectivity index (χ4n) is 4.91. The Labute approximate surface area is 220 Å². The molecule has 2 aromatic carbocycles. The number of hydrogen-bond acceptors (Lipinski definition) is 3. The van der Waals surface area contributed by atoms with Crippen molar-refractivity contribution >= 4 is 5.97 Å². The van der Waals surface area contributed by atoms with Crippen molar-refractivity contribution in [3.63, 3.8) is 0 Å². The second kappa shape index (κ2) is 16.4. The van der Waals surface area contributed by atoms with Crippen LogP contribution in [-0.2, 0) is 22.5 Å². The molecule has 2 unspecified atom stereocenters. The topological polar surface area (TPSA) is 35.5 Å². The molecule has 0 spiro atoms. The summed E-state index contributed by atoms with van der Waals surface area (Å²) in [5.41, 5.74) is 2.51. The molecule has 36 heavy (non-hydrogen) atoms. The van der Waals surface area contributed by atoms with Crippen LogP contribution in [0.1, 0.15) is 89.7 Å². The number of ether oxygens (including phenoxy) is 2. The van der Waals surface area contributed by atoms with Crippen molar-refractivity contribution in [2.24, 2.45) is 0 Å². The molecule has 2 aromatic rings. The van der Waals surface area contributed by atoms with Crippen LogP contribution in [-0.4, -0.2) is 43.3 Å². The molecule has 0 radical (unpaired) electrons. The van der Waals surface area contributed by atoms with Gasteiger partial charge in [0.1, 0.15) is 12.3 Å². The van der Waals surface area contributed by atoms with Crippen molar-refractivity contribution in [1.82, 2.24) is 0 Å². The maximum absolute atomic E-state index is 13.0. The van der Waals surface area contributed by atoms with Crippen LogP contribution in [0.2, 0.25) is 0 Å². The van der Waals surface area contributed by atoms with E-state index in [1.54, 1.807) is 0 Å².